The van der Waals surface area contributed by atoms with Crippen molar-refractivity contribution >= 4 is 5.78 Å². The van der Waals surface area contributed by atoms with Gasteiger partial charge < -0.3 is 9.47 Å². The van der Waals surface area contributed by atoms with Crippen LogP contribution >= 0.6 is 0 Å². The minimum Gasteiger partial charge on any atom is -0.493 e. The number of fused-ring (bicyclic) bond motifs is 1. The maximum Gasteiger partial charge on any atom is 0.142 e. The van der Waals surface area contributed by atoms with Gasteiger partial charge in [-0.1, -0.05) is 18.2 Å². The van der Waals surface area contributed by atoms with E-state index in [4.69, 9.17) is 9.47 Å². The molecule has 0 saturated heterocycles. The molecule has 2 rings (SSSR count). The zero-order valence-corrected chi connectivity index (χ0v) is 10.1. The second-order valence-electron chi connectivity index (χ2n) is 4.14. The maximum atomic E-state index is 12.1. The van der Waals surface area contributed by atoms with Crippen LogP contribution in [0.4, 0.5) is 0 Å². The van der Waals surface area contributed by atoms with Crippen LogP contribution in [0, 0.1) is 0 Å². The monoisotopic (exact) mass is 234 g/mol. The summed E-state index contributed by atoms with van der Waals surface area (Å²) in [4.78, 5) is 12.1. The molecule has 0 aromatic heterocycles. The summed E-state index contributed by atoms with van der Waals surface area (Å²) in [6.45, 7) is 3.75. The molecule has 0 radical (unpaired) electrons. The average molecular weight is 234 g/mol. The fourth-order valence-electron chi connectivity index (χ4n) is 2.17. The van der Waals surface area contributed by atoms with E-state index >= 15 is 0 Å². The van der Waals surface area contributed by atoms with Crippen molar-refractivity contribution in [3.05, 3.63) is 29.8 Å². The van der Waals surface area contributed by atoms with Crippen LogP contribution in [0.1, 0.15) is 31.2 Å². The Labute approximate surface area is 102 Å². The number of carbonyl (C=O) groups is 1. The van der Waals surface area contributed by atoms with Crippen LogP contribution in [0.2, 0.25) is 0 Å². The van der Waals surface area contributed by atoms with Gasteiger partial charge in [-0.05, 0) is 19.4 Å². The summed E-state index contributed by atoms with van der Waals surface area (Å²) in [7, 11) is 0. The number of rotatable bonds is 5. The van der Waals surface area contributed by atoms with E-state index < -0.39 is 0 Å². The van der Waals surface area contributed by atoms with Gasteiger partial charge in [-0.15, -0.1) is 0 Å². The zero-order valence-electron chi connectivity index (χ0n) is 10.1. The van der Waals surface area contributed by atoms with Crippen molar-refractivity contribution in [3.63, 3.8) is 0 Å². The number of hydrogen-bond acceptors (Lipinski definition) is 3. The van der Waals surface area contributed by atoms with Crippen LogP contribution in [0.15, 0.2) is 24.3 Å². The number of ether oxygens (including phenoxy) is 2. The van der Waals surface area contributed by atoms with Crippen molar-refractivity contribution in [2.75, 3.05) is 19.8 Å². The Kier molecular flexibility index (Phi) is 4.15. The highest BCUT2D eigenvalue weighted by Gasteiger charge is 2.26. The fourth-order valence-corrected chi connectivity index (χ4v) is 2.17. The number of ketones is 1. The molecule has 0 spiro atoms. The molecule has 0 fully saturated rings. The highest BCUT2D eigenvalue weighted by molar-refractivity contribution is 5.86. The summed E-state index contributed by atoms with van der Waals surface area (Å²) in [6, 6.07) is 7.80. The van der Waals surface area contributed by atoms with Gasteiger partial charge in [0.25, 0.3) is 0 Å². The molecule has 0 N–H and O–H groups in total. The van der Waals surface area contributed by atoms with Crippen LogP contribution in [-0.4, -0.2) is 25.6 Å². The van der Waals surface area contributed by atoms with Crippen molar-refractivity contribution in [3.8, 4) is 5.75 Å². The van der Waals surface area contributed by atoms with E-state index in [9.17, 15) is 4.79 Å². The third kappa shape index (κ3) is 2.86. The van der Waals surface area contributed by atoms with Gasteiger partial charge in [0.05, 0.1) is 13.2 Å². The first kappa shape index (κ1) is 12.1. The average Bonchev–Trinajstić information content (AvgIpc) is 2.38. The van der Waals surface area contributed by atoms with Crippen molar-refractivity contribution < 1.29 is 14.3 Å². The van der Waals surface area contributed by atoms with Crippen molar-refractivity contribution in [1.82, 2.24) is 0 Å². The van der Waals surface area contributed by atoms with Crippen LogP contribution in [-0.2, 0) is 9.53 Å². The molecule has 1 unspecified atom stereocenters. The third-order valence-corrected chi connectivity index (χ3v) is 3.04. The summed E-state index contributed by atoms with van der Waals surface area (Å²) in [5.41, 5.74) is 1.03. The predicted molar refractivity (Wildman–Crippen MR) is 65.4 cm³/mol. The number of carbonyl (C=O) groups excluding carboxylic acids is 1. The van der Waals surface area contributed by atoms with Crippen molar-refractivity contribution in [2.45, 2.75) is 25.7 Å². The Morgan fingerprint density at radius 2 is 2.29 bits per heavy atom. The van der Waals surface area contributed by atoms with Crippen molar-refractivity contribution in [1.29, 1.82) is 0 Å². The summed E-state index contributed by atoms with van der Waals surface area (Å²) in [6.07, 6.45) is 1.27. The number of benzene rings is 1. The van der Waals surface area contributed by atoms with E-state index in [1.807, 2.05) is 31.2 Å². The molecule has 1 aliphatic heterocycles. The molecule has 1 atom stereocenters. The van der Waals surface area contributed by atoms with E-state index in [0.717, 1.165) is 17.7 Å². The first-order chi connectivity index (χ1) is 8.33. The van der Waals surface area contributed by atoms with Crippen molar-refractivity contribution in [2.24, 2.45) is 0 Å². The maximum absolute atomic E-state index is 12.1. The fraction of sp³-hybridized carbons (Fsp3) is 0.500. The van der Waals surface area contributed by atoms with E-state index in [-0.39, 0.29) is 11.7 Å². The molecular formula is C14H18O3. The molecule has 1 aromatic rings. The van der Waals surface area contributed by atoms with Gasteiger partial charge in [0.15, 0.2) is 0 Å². The molecule has 0 bridgehead atoms. The van der Waals surface area contributed by atoms with Crippen LogP contribution < -0.4 is 4.74 Å². The summed E-state index contributed by atoms with van der Waals surface area (Å²) in [5, 5.41) is 0. The van der Waals surface area contributed by atoms with E-state index in [2.05, 4.69) is 0 Å². The van der Waals surface area contributed by atoms with Crippen LogP contribution in [0.5, 0.6) is 5.75 Å². The minimum atomic E-state index is -0.0135. The van der Waals surface area contributed by atoms with Gasteiger partial charge in [0.1, 0.15) is 11.5 Å². The second-order valence-corrected chi connectivity index (χ2v) is 4.14. The Balaban J connectivity index is 2.05. The lowest BCUT2D eigenvalue weighted by Crippen LogP contribution is -2.22. The highest BCUT2D eigenvalue weighted by atomic mass is 16.5. The molecule has 0 saturated carbocycles. The predicted octanol–water partition coefficient (Wildman–Crippen LogP) is 2.55. The molecule has 17 heavy (non-hydrogen) atoms. The SMILES string of the molecule is CCOCCC(=O)C1CCOc2ccccc21. The smallest absolute Gasteiger partial charge is 0.142 e. The first-order valence-corrected chi connectivity index (χ1v) is 6.15. The van der Waals surface area contributed by atoms with Gasteiger partial charge in [0.2, 0.25) is 0 Å². The molecule has 1 heterocycles. The van der Waals surface area contributed by atoms with Gasteiger partial charge in [-0.25, -0.2) is 0 Å². The highest BCUT2D eigenvalue weighted by Crippen LogP contribution is 2.34. The lowest BCUT2D eigenvalue weighted by Gasteiger charge is -2.24. The number of para-hydroxylation sites is 1. The summed E-state index contributed by atoms with van der Waals surface area (Å²) < 4.78 is 10.8. The first-order valence-electron chi connectivity index (χ1n) is 6.15. The molecule has 1 aliphatic rings. The van der Waals surface area contributed by atoms with E-state index in [0.29, 0.717) is 26.2 Å². The standard InChI is InChI=1S/C14H18O3/c1-2-16-9-8-13(15)11-7-10-17-14-6-4-3-5-12(11)14/h3-6,11H,2,7-10H2,1H3. The topological polar surface area (TPSA) is 35.5 Å². The molecule has 3 nitrogen and oxygen atoms in total. The van der Waals surface area contributed by atoms with E-state index in [1.54, 1.807) is 0 Å². The van der Waals surface area contributed by atoms with Gasteiger partial charge >= 0.3 is 0 Å². The van der Waals surface area contributed by atoms with Gasteiger partial charge in [-0.3, -0.25) is 4.79 Å². The molecule has 3 heteroatoms. The van der Waals surface area contributed by atoms with Gasteiger partial charge in [-0.2, -0.15) is 0 Å². The van der Waals surface area contributed by atoms with Crippen LogP contribution in [0.25, 0.3) is 0 Å². The largest absolute Gasteiger partial charge is 0.493 e. The Bertz CT molecular complexity index is 387. The second kappa shape index (κ2) is 5.82. The Morgan fingerprint density at radius 3 is 3.12 bits per heavy atom. The van der Waals surface area contributed by atoms with Gasteiger partial charge in [0, 0.05) is 24.5 Å². The molecular weight excluding hydrogens is 216 g/mol. The molecule has 0 amide bonds. The minimum absolute atomic E-state index is 0.0135. The summed E-state index contributed by atoms with van der Waals surface area (Å²) in [5.74, 6) is 1.10. The molecule has 0 aliphatic carbocycles. The summed E-state index contributed by atoms with van der Waals surface area (Å²) >= 11 is 0. The third-order valence-electron chi connectivity index (χ3n) is 3.04. The Hall–Kier alpha value is -1.35. The zero-order chi connectivity index (χ0) is 12.1. The molecule has 92 valence electrons. The quantitative estimate of drug-likeness (QED) is 0.734. The Morgan fingerprint density at radius 1 is 1.47 bits per heavy atom. The van der Waals surface area contributed by atoms with E-state index in [1.165, 1.54) is 0 Å². The molecule has 1 aromatic carbocycles. The lowest BCUT2D eigenvalue weighted by molar-refractivity contribution is -0.122. The van der Waals surface area contributed by atoms with Crippen LogP contribution in [0.3, 0.4) is 0 Å². The number of hydrogen-bond donors (Lipinski definition) is 0. The number of Topliss-reactive ketones (excluding diaryl/α,β-unsaturated/α-hetero) is 1. The lowest BCUT2D eigenvalue weighted by atomic mass is 9.88. The normalized spacial score (nSPS) is 18.3.